The van der Waals surface area contributed by atoms with Crippen LogP contribution in [0.3, 0.4) is 0 Å². The van der Waals surface area contributed by atoms with E-state index in [1.165, 1.54) is 19.3 Å². The largest absolute Gasteiger partial charge is 0.490 e. The highest BCUT2D eigenvalue weighted by atomic mass is 79.9. The molecule has 1 aliphatic heterocycles. The minimum atomic E-state index is -0.452. The number of benzene rings is 2. The molecule has 0 unspecified atom stereocenters. The third-order valence-corrected chi connectivity index (χ3v) is 11.1. The van der Waals surface area contributed by atoms with E-state index in [0.717, 1.165) is 59.4 Å². The molecule has 6 rings (SSSR count). The van der Waals surface area contributed by atoms with Crippen LogP contribution in [0.1, 0.15) is 109 Å². The number of halogens is 3. The van der Waals surface area contributed by atoms with Crippen molar-refractivity contribution in [1.29, 1.82) is 0 Å². The van der Waals surface area contributed by atoms with Crippen molar-refractivity contribution in [3.63, 3.8) is 0 Å². The second kappa shape index (κ2) is 13.0. The standard InChI is InChI=1S/C38H44BrCl2NO4/c1-6-45-32-15-23(14-26(39)36(32)46-21-22-12-13-24(40)16-27(22)41)33-34-28(17-37(2,3)19-30(34)43)42(25-10-8-7-9-11-25)29-18-38(4,5)20-31(44)35(29)33/h12-16,25,33H,6-11,17-21H2,1-5H3. The van der Waals surface area contributed by atoms with Crippen molar-refractivity contribution in [2.75, 3.05) is 6.61 Å². The van der Waals surface area contributed by atoms with E-state index in [2.05, 4.69) is 48.5 Å². The van der Waals surface area contributed by atoms with E-state index in [1.54, 1.807) is 12.1 Å². The zero-order chi connectivity index (χ0) is 33.0. The molecule has 3 aliphatic carbocycles. The maximum atomic E-state index is 14.3. The van der Waals surface area contributed by atoms with Crippen LogP contribution in [0.4, 0.5) is 0 Å². The Hall–Kier alpha value is -2.28. The maximum Gasteiger partial charge on any atom is 0.175 e. The van der Waals surface area contributed by atoms with Gasteiger partial charge >= 0.3 is 0 Å². The van der Waals surface area contributed by atoms with Crippen LogP contribution in [0.2, 0.25) is 10.0 Å². The summed E-state index contributed by atoms with van der Waals surface area (Å²) in [6.07, 6.45) is 8.33. The smallest absolute Gasteiger partial charge is 0.175 e. The van der Waals surface area contributed by atoms with Crippen molar-refractivity contribution >= 4 is 50.7 Å². The summed E-state index contributed by atoms with van der Waals surface area (Å²) in [5.74, 6) is 0.948. The Bertz CT molecular complexity index is 1580. The molecular weight excluding hydrogens is 685 g/mol. The van der Waals surface area contributed by atoms with Crippen LogP contribution >= 0.6 is 39.1 Å². The predicted octanol–water partition coefficient (Wildman–Crippen LogP) is 10.8. The van der Waals surface area contributed by atoms with Gasteiger partial charge in [-0.2, -0.15) is 0 Å². The first-order chi connectivity index (χ1) is 21.8. The number of carbonyl (C=O) groups excluding carboxylic acids is 2. The summed E-state index contributed by atoms with van der Waals surface area (Å²) in [4.78, 5) is 31.2. The minimum absolute atomic E-state index is 0.146. The number of hydrogen-bond acceptors (Lipinski definition) is 5. The van der Waals surface area contributed by atoms with Crippen molar-refractivity contribution in [2.45, 2.75) is 111 Å². The molecule has 0 bridgehead atoms. The van der Waals surface area contributed by atoms with E-state index in [4.69, 9.17) is 32.7 Å². The van der Waals surface area contributed by atoms with E-state index >= 15 is 0 Å². The molecule has 8 heteroatoms. The summed E-state index contributed by atoms with van der Waals surface area (Å²) in [6.45, 7) is 11.4. The zero-order valence-corrected chi connectivity index (χ0v) is 30.6. The molecule has 0 aromatic heterocycles. The summed E-state index contributed by atoms with van der Waals surface area (Å²) < 4.78 is 13.2. The normalized spacial score (nSPS) is 21.8. The molecule has 1 saturated carbocycles. The predicted molar refractivity (Wildman–Crippen MR) is 188 cm³/mol. The lowest BCUT2D eigenvalue weighted by Gasteiger charge is -2.52. The average Bonchev–Trinajstić information content (AvgIpc) is 2.96. The van der Waals surface area contributed by atoms with Gasteiger partial charge in [0.1, 0.15) is 6.61 Å². The van der Waals surface area contributed by atoms with Gasteiger partial charge in [0.05, 0.1) is 11.1 Å². The van der Waals surface area contributed by atoms with Crippen LogP contribution in [0.15, 0.2) is 57.3 Å². The van der Waals surface area contributed by atoms with Crippen LogP contribution in [-0.4, -0.2) is 29.1 Å². The van der Waals surface area contributed by atoms with E-state index < -0.39 is 5.92 Å². The lowest BCUT2D eigenvalue weighted by Crippen LogP contribution is -2.48. The third-order valence-electron chi connectivity index (χ3n) is 9.94. The summed E-state index contributed by atoms with van der Waals surface area (Å²) in [5.41, 5.74) is 5.23. The van der Waals surface area contributed by atoms with Crippen molar-refractivity contribution in [2.24, 2.45) is 10.8 Å². The van der Waals surface area contributed by atoms with E-state index in [-0.39, 0.29) is 29.0 Å². The number of ether oxygens (including phenoxy) is 2. The summed E-state index contributed by atoms with van der Waals surface area (Å²) in [7, 11) is 0. The van der Waals surface area contributed by atoms with Gasteiger partial charge in [0.2, 0.25) is 0 Å². The number of allylic oxidation sites excluding steroid dienone is 4. The molecule has 2 aromatic rings. The molecule has 0 saturated heterocycles. The van der Waals surface area contributed by atoms with E-state index in [9.17, 15) is 9.59 Å². The summed E-state index contributed by atoms with van der Waals surface area (Å²) in [5, 5.41) is 1.09. The molecule has 5 nitrogen and oxygen atoms in total. The zero-order valence-electron chi connectivity index (χ0n) is 27.5. The molecule has 4 aliphatic rings. The van der Waals surface area contributed by atoms with E-state index in [1.807, 2.05) is 25.1 Å². The van der Waals surface area contributed by atoms with Gasteiger partial charge in [0, 0.05) is 63.0 Å². The fourth-order valence-corrected chi connectivity index (χ4v) is 9.09. The fraction of sp³-hybridized carbons (Fsp3) is 0.526. The van der Waals surface area contributed by atoms with Gasteiger partial charge in [-0.3, -0.25) is 9.59 Å². The van der Waals surface area contributed by atoms with Crippen LogP contribution < -0.4 is 9.47 Å². The van der Waals surface area contributed by atoms with Gasteiger partial charge in [-0.25, -0.2) is 0 Å². The van der Waals surface area contributed by atoms with Gasteiger partial charge in [-0.15, -0.1) is 0 Å². The second-order valence-electron chi connectivity index (χ2n) is 15.0. The monoisotopic (exact) mass is 727 g/mol. The number of ketones is 2. The fourth-order valence-electron chi connectivity index (χ4n) is 8.06. The Morgan fingerprint density at radius 1 is 0.848 bits per heavy atom. The third kappa shape index (κ3) is 6.56. The number of nitrogens with zero attached hydrogens (tertiary/aromatic N) is 1. The molecule has 246 valence electrons. The lowest BCUT2D eigenvalue weighted by atomic mass is 9.63. The first-order valence-corrected chi connectivity index (χ1v) is 18.2. The highest BCUT2D eigenvalue weighted by molar-refractivity contribution is 9.10. The molecule has 2 aromatic carbocycles. The topological polar surface area (TPSA) is 55.8 Å². The van der Waals surface area contributed by atoms with Crippen molar-refractivity contribution < 1.29 is 19.1 Å². The van der Waals surface area contributed by atoms with Gasteiger partial charge in [0.15, 0.2) is 23.1 Å². The maximum absolute atomic E-state index is 14.3. The van der Waals surface area contributed by atoms with E-state index in [0.29, 0.717) is 51.5 Å². The van der Waals surface area contributed by atoms with Gasteiger partial charge in [-0.1, -0.05) is 76.2 Å². The van der Waals surface area contributed by atoms with Crippen molar-refractivity contribution in [1.82, 2.24) is 4.90 Å². The van der Waals surface area contributed by atoms with Crippen molar-refractivity contribution in [3.05, 3.63) is 78.5 Å². The Morgan fingerprint density at radius 2 is 1.46 bits per heavy atom. The Balaban J connectivity index is 1.50. The highest BCUT2D eigenvalue weighted by Crippen LogP contribution is 2.56. The molecule has 1 fully saturated rings. The highest BCUT2D eigenvalue weighted by Gasteiger charge is 2.50. The Morgan fingerprint density at radius 3 is 2.02 bits per heavy atom. The van der Waals surface area contributed by atoms with Crippen LogP contribution in [0.25, 0.3) is 0 Å². The Kier molecular flexibility index (Phi) is 9.48. The quantitative estimate of drug-likeness (QED) is 0.284. The number of Topliss-reactive ketones (excluding diaryl/α,β-unsaturated/α-hetero) is 2. The van der Waals surface area contributed by atoms with Gasteiger partial charge in [-0.05, 0) is 89.2 Å². The minimum Gasteiger partial charge on any atom is -0.490 e. The molecule has 46 heavy (non-hydrogen) atoms. The summed E-state index contributed by atoms with van der Waals surface area (Å²) >= 11 is 16.3. The molecule has 0 spiro atoms. The second-order valence-corrected chi connectivity index (χ2v) is 16.7. The number of hydrogen-bond donors (Lipinski definition) is 0. The first-order valence-electron chi connectivity index (χ1n) is 16.6. The molecular formula is C38H44BrCl2NO4. The summed E-state index contributed by atoms with van der Waals surface area (Å²) in [6, 6.07) is 9.64. The molecule has 0 amide bonds. The number of rotatable bonds is 7. The SMILES string of the molecule is CCOc1cc(C2C3=C(CC(C)(C)CC3=O)N(C3CCCCC3)C3=C2C(=O)CC(C)(C)C3)cc(Br)c1OCc1ccc(Cl)cc1Cl. The molecule has 0 N–H and O–H groups in total. The van der Waals surface area contributed by atoms with Crippen LogP contribution in [0.5, 0.6) is 11.5 Å². The first kappa shape index (κ1) is 33.6. The van der Waals surface area contributed by atoms with Crippen LogP contribution in [-0.2, 0) is 16.2 Å². The Labute approximate surface area is 291 Å². The lowest BCUT2D eigenvalue weighted by molar-refractivity contribution is -0.119. The average molecular weight is 730 g/mol. The van der Waals surface area contributed by atoms with Crippen LogP contribution in [0, 0.1) is 10.8 Å². The molecule has 0 radical (unpaired) electrons. The number of carbonyl (C=O) groups is 2. The van der Waals surface area contributed by atoms with Gasteiger partial charge in [0.25, 0.3) is 0 Å². The van der Waals surface area contributed by atoms with Crippen molar-refractivity contribution in [3.8, 4) is 11.5 Å². The molecule has 0 atom stereocenters. The molecule has 1 heterocycles. The van der Waals surface area contributed by atoms with Gasteiger partial charge < -0.3 is 14.4 Å².